The highest BCUT2D eigenvalue weighted by Gasteiger charge is 2.06. The molecule has 0 unspecified atom stereocenters. The largest absolute Gasteiger partial charge is 0.343 e. The third-order valence-corrected chi connectivity index (χ3v) is 3.21. The maximum absolute atomic E-state index is 11.3. The van der Waals surface area contributed by atoms with E-state index in [1.54, 1.807) is 16.3 Å². The third-order valence-electron chi connectivity index (χ3n) is 2.14. The van der Waals surface area contributed by atoms with Crippen LogP contribution < -0.4 is 11.0 Å². The number of hydrogen-bond donors (Lipinski definition) is 2. The fourth-order valence-corrected chi connectivity index (χ4v) is 2.27. The first-order chi connectivity index (χ1) is 7.65. The molecule has 0 saturated heterocycles. The van der Waals surface area contributed by atoms with E-state index in [0.29, 0.717) is 12.6 Å². The van der Waals surface area contributed by atoms with E-state index in [1.807, 2.05) is 6.92 Å². The van der Waals surface area contributed by atoms with Gasteiger partial charge in [0.2, 0.25) is 0 Å². The maximum atomic E-state index is 11.3. The molecule has 0 aliphatic carbocycles. The highest BCUT2D eigenvalue weighted by atomic mass is 32.2. The van der Waals surface area contributed by atoms with E-state index in [0.717, 1.165) is 23.9 Å². The summed E-state index contributed by atoms with van der Waals surface area (Å²) in [4.78, 5) is 11.3. The fourth-order valence-electron chi connectivity index (χ4n) is 1.32. The number of H-pyrrole nitrogens is 1. The molecule has 1 aromatic heterocycles. The van der Waals surface area contributed by atoms with Crippen molar-refractivity contribution in [3.05, 3.63) is 10.5 Å². The van der Waals surface area contributed by atoms with Crippen molar-refractivity contribution in [2.45, 2.75) is 44.9 Å². The van der Waals surface area contributed by atoms with Gasteiger partial charge in [-0.3, -0.25) is 4.57 Å². The lowest BCUT2D eigenvalue weighted by molar-refractivity contribution is 0.585. The number of hydrogen-bond acceptors (Lipinski definition) is 4. The van der Waals surface area contributed by atoms with E-state index in [4.69, 9.17) is 0 Å². The van der Waals surface area contributed by atoms with Gasteiger partial charge in [-0.05, 0) is 19.9 Å². The van der Waals surface area contributed by atoms with Crippen molar-refractivity contribution in [3.8, 4) is 0 Å². The van der Waals surface area contributed by atoms with Crippen LogP contribution in [-0.2, 0) is 6.54 Å². The zero-order valence-electron chi connectivity index (χ0n) is 10.1. The van der Waals surface area contributed by atoms with Crippen LogP contribution >= 0.6 is 11.8 Å². The Morgan fingerprint density at radius 2 is 2.31 bits per heavy atom. The van der Waals surface area contributed by atoms with Gasteiger partial charge in [-0.25, -0.2) is 9.89 Å². The Hall–Kier alpha value is -0.750. The Morgan fingerprint density at radius 1 is 1.56 bits per heavy atom. The van der Waals surface area contributed by atoms with Gasteiger partial charge in [-0.1, -0.05) is 25.6 Å². The molecule has 1 rings (SSSR count). The molecule has 1 heterocycles. The summed E-state index contributed by atoms with van der Waals surface area (Å²) in [7, 11) is 0. The summed E-state index contributed by atoms with van der Waals surface area (Å²) in [6.45, 7) is 7.89. The number of aromatic nitrogens is 3. The smallest absolute Gasteiger partial charge is 0.315 e. The molecule has 5 nitrogen and oxygen atoms in total. The average molecular weight is 244 g/mol. The second-order valence-corrected chi connectivity index (χ2v) is 4.93. The lowest BCUT2D eigenvalue weighted by Gasteiger charge is -2.07. The lowest BCUT2D eigenvalue weighted by atomic mass is 10.4. The van der Waals surface area contributed by atoms with Crippen LogP contribution in [0.3, 0.4) is 0 Å². The standard InChI is InChI=1S/C10H20N4OS/c1-4-14-9(15)12-13-10(14)16-7-5-6-11-8(2)3/h8,11H,4-7H2,1-3H3,(H,12,15). The van der Waals surface area contributed by atoms with Crippen molar-refractivity contribution >= 4 is 11.8 Å². The van der Waals surface area contributed by atoms with Crippen LogP contribution in [0.5, 0.6) is 0 Å². The highest BCUT2D eigenvalue weighted by Crippen LogP contribution is 2.13. The Labute approximate surface area is 100 Å². The molecule has 0 aromatic carbocycles. The minimum absolute atomic E-state index is 0.120. The van der Waals surface area contributed by atoms with E-state index >= 15 is 0 Å². The van der Waals surface area contributed by atoms with Crippen LogP contribution in [-0.4, -0.2) is 33.1 Å². The Kier molecular flexibility index (Phi) is 5.62. The summed E-state index contributed by atoms with van der Waals surface area (Å²) in [5, 5.41) is 10.6. The van der Waals surface area contributed by atoms with Gasteiger partial charge in [-0.15, -0.1) is 5.10 Å². The molecule has 0 atom stereocenters. The Bertz CT molecular complexity index is 358. The normalized spacial score (nSPS) is 11.2. The Balaban J connectivity index is 2.29. The first-order valence-electron chi connectivity index (χ1n) is 5.66. The van der Waals surface area contributed by atoms with Crippen molar-refractivity contribution in [3.63, 3.8) is 0 Å². The number of nitrogens with one attached hydrogen (secondary N) is 2. The van der Waals surface area contributed by atoms with Crippen molar-refractivity contribution in [2.24, 2.45) is 0 Å². The minimum atomic E-state index is -0.120. The van der Waals surface area contributed by atoms with E-state index in [9.17, 15) is 4.79 Å². The molecule has 0 bridgehead atoms. The average Bonchev–Trinajstić information content (AvgIpc) is 2.58. The number of aromatic amines is 1. The molecule has 92 valence electrons. The molecule has 0 fully saturated rings. The van der Waals surface area contributed by atoms with E-state index in [-0.39, 0.29) is 5.69 Å². The molecular weight excluding hydrogens is 224 g/mol. The Morgan fingerprint density at radius 3 is 2.94 bits per heavy atom. The predicted molar refractivity (Wildman–Crippen MR) is 67.0 cm³/mol. The van der Waals surface area contributed by atoms with Crippen LogP contribution in [0, 0.1) is 0 Å². The SMILES string of the molecule is CCn1c(SCCCNC(C)C)n[nH]c1=O. The van der Waals surface area contributed by atoms with E-state index in [2.05, 4.69) is 29.4 Å². The lowest BCUT2D eigenvalue weighted by Crippen LogP contribution is -2.24. The fraction of sp³-hybridized carbons (Fsp3) is 0.800. The van der Waals surface area contributed by atoms with Crippen LogP contribution in [0.4, 0.5) is 0 Å². The third kappa shape index (κ3) is 4.02. The van der Waals surface area contributed by atoms with Crippen molar-refractivity contribution in [2.75, 3.05) is 12.3 Å². The molecule has 0 amide bonds. The maximum Gasteiger partial charge on any atom is 0.343 e. The molecule has 0 saturated carbocycles. The zero-order chi connectivity index (χ0) is 12.0. The van der Waals surface area contributed by atoms with Gasteiger partial charge in [-0.2, -0.15) is 0 Å². The van der Waals surface area contributed by atoms with Gasteiger partial charge >= 0.3 is 5.69 Å². The van der Waals surface area contributed by atoms with Gasteiger partial charge in [0, 0.05) is 18.3 Å². The molecular formula is C10H20N4OS. The quantitative estimate of drug-likeness (QED) is 0.556. The highest BCUT2D eigenvalue weighted by molar-refractivity contribution is 7.99. The topological polar surface area (TPSA) is 62.7 Å². The molecule has 6 heteroatoms. The molecule has 0 aliphatic heterocycles. The number of thioether (sulfide) groups is 1. The molecule has 0 aliphatic rings. The van der Waals surface area contributed by atoms with Gasteiger partial charge in [0.25, 0.3) is 0 Å². The monoisotopic (exact) mass is 244 g/mol. The van der Waals surface area contributed by atoms with Crippen LogP contribution in [0.2, 0.25) is 0 Å². The summed E-state index contributed by atoms with van der Waals surface area (Å²) >= 11 is 1.62. The van der Waals surface area contributed by atoms with Gasteiger partial charge < -0.3 is 5.32 Å². The summed E-state index contributed by atoms with van der Waals surface area (Å²) in [6, 6.07) is 0.532. The van der Waals surface area contributed by atoms with Gasteiger partial charge in [0.15, 0.2) is 5.16 Å². The summed E-state index contributed by atoms with van der Waals surface area (Å²) < 4.78 is 1.65. The molecule has 0 spiro atoms. The predicted octanol–water partition coefficient (Wildman–Crippen LogP) is 1.07. The van der Waals surface area contributed by atoms with Crippen molar-refractivity contribution in [1.29, 1.82) is 0 Å². The van der Waals surface area contributed by atoms with Crippen LogP contribution in [0.1, 0.15) is 27.2 Å². The molecule has 0 radical (unpaired) electrons. The second-order valence-electron chi connectivity index (χ2n) is 3.87. The molecule has 16 heavy (non-hydrogen) atoms. The summed E-state index contributed by atoms with van der Waals surface area (Å²) in [5.41, 5.74) is -0.120. The molecule has 1 aromatic rings. The number of rotatable bonds is 7. The van der Waals surface area contributed by atoms with Crippen LogP contribution in [0.25, 0.3) is 0 Å². The van der Waals surface area contributed by atoms with Crippen LogP contribution in [0.15, 0.2) is 9.95 Å². The second kappa shape index (κ2) is 6.75. The first-order valence-corrected chi connectivity index (χ1v) is 6.65. The van der Waals surface area contributed by atoms with Gasteiger partial charge in [0.1, 0.15) is 0 Å². The summed E-state index contributed by atoms with van der Waals surface area (Å²) in [5.74, 6) is 0.976. The zero-order valence-corrected chi connectivity index (χ0v) is 10.9. The van der Waals surface area contributed by atoms with Gasteiger partial charge in [0.05, 0.1) is 0 Å². The van der Waals surface area contributed by atoms with Crippen molar-refractivity contribution < 1.29 is 0 Å². The van der Waals surface area contributed by atoms with E-state index in [1.165, 1.54) is 0 Å². The minimum Gasteiger partial charge on any atom is -0.315 e. The van der Waals surface area contributed by atoms with E-state index < -0.39 is 0 Å². The van der Waals surface area contributed by atoms with Crippen molar-refractivity contribution in [1.82, 2.24) is 20.1 Å². The molecule has 2 N–H and O–H groups in total. The number of nitrogens with zero attached hydrogens (tertiary/aromatic N) is 2. The first kappa shape index (κ1) is 13.3. The summed E-state index contributed by atoms with van der Waals surface area (Å²) in [6.07, 6.45) is 1.08.